The van der Waals surface area contributed by atoms with Gasteiger partial charge in [-0.1, -0.05) is 30.3 Å². The molecule has 0 bridgehead atoms. The Balaban J connectivity index is 1.81. The van der Waals surface area contributed by atoms with Crippen molar-refractivity contribution in [1.29, 1.82) is 0 Å². The molecule has 0 radical (unpaired) electrons. The zero-order valence-corrected chi connectivity index (χ0v) is 15.7. The third kappa shape index (κ3) is 3.56. The fourth-order valence-electron chi connectivity index (χ4n) is 3.02. The Kier molecular flexibility index (Phi) is 4.53. The zero-order chi connectivity index (χ0) is 20.6. The molecule has 0 unspecified atom stereocenters. The first-order chi connectivity index (χ1) is 13.8. The van der Waals surface area contributed by atoms with Gasteiger partial charge in [-0.2, -0.15) is 0 Å². The molecule has 29 heavy (non-hydrogen) atoms. The third-order valence-corrected chi connectivity index (χ3v) is 5.31. The lowest BCUT2D eigenvalue weighted by atomic mass is 9.97. The minimum absolute atomic E-state index is 0.0144. The quantitative estimate of drug-likeness (QED) is 0.444. The minimum atomic E-state index is -3.80. The average molecular weight is 409 g/mol. The number of carbonyl (C=O) groups excluding carboxylic acids is 2. The Morgan fingerprint density at radius 1 is 0.828 bits per heavy atom. The number of primary sulfonamides is 1. The first-order valence-electron chi connectivity index (χ1n) is 8.48. The molecule has 1 fully saturated rings. The summed E-state index contributed by atoms with van der Waals surface area (Å²) in [4.78, 5) is 24.4. The van der Waals surface area contributed by atoms with Crippen LogP contribution in [-0.4, -0.2) is 20.2 Å². The second-order valence-electron chi connectivity index (χ2n) is 6.26. The molecule has 0 spiro atoms. The van der Waals surface area contributed by atoms with Crippen LogP contribution in [0.2, 0.25) is 0 Å². The molecule has 9 heteroatoms. The molecule has 1 aliphatic heterocycles. The van der Waals surface area contributed by atoms with E-state index in [1.807, 2.05) is 6.07 Å². The van der Waals surface area contributed by atoms with Gasteiger partial charge in [-0.15, -0.1) is 0 Å². The highest BCUT2D eigenvalue weighted by molar-refractivity contribution is 7.89. The van der Waals surface area contributed by atoms with E-state index >= 15 is 0 Å². The first kappa shape index (κ1) is 18.7. The fraction of sp³-hybridized carbons (Fsp3) is 0. The molecule has 0 aliphatic carbocycles. The first-order valence-corrected chi connectivity index (χ1v) is 10.0. The molecule has 2 aromatic carbocycles. The second kappa shape index (κ2) is 7.04. The number of rotatable bonds is 4. The topological polar surface area (TPSA) is 132 Å². The number of hydrogen-bond donors (Lipinski definition) is 3. The van der Waals surface area contributed by atoms with E-state index in [0.29, 0.717) is 28.2 Å². The Morgan fingerprint density at radius 2 is 1.45 bits per heavy atom. The summed E-state index contributed by atoms with van der Waals surface area (Å²) in [5, 5.41) is 5.12. The largest absolute Gasteiger partial charge is 0.456 e. The van der Waals surface area contributed by atoms with Gasteiger partial charge >= 0.3 is 0 Å². The van der Waals surface area contributed by atoms with E-state index in [-0.39, 0.29) is 10.5 Å². The van der Waals surface area contributed by atoms with Crippen LogP contribution in [0.4, 0.5) is 0 Å². The van der Waals surface area contributed by atoms with E-state index in [4.69, 9.17) is 9.56 Å². The van der Waals surface area contributed by atoms with Crippen LogP contribution in [-0.2, 0) is 19.6 Å². The zero-order valence-electron chi connectivity index (χ0n) is 14.9. The van der Waals surface area contributed by atoms with E-state index in [2.05, 4.69) is 10.9 Å². The lowest BCUT2D eigenvalue weighted by Crippen LogP contribution is -2.28. The van der Waals surface area contributed by atoms with E-state index in [1.54, 1.807) is 48.5 Å². The summed E-state index contributed by atoms with van der Waals surface area (Å²) in [6, 6.07) is 18.1. The maximum Gasteiger partial charge on any atom is 0.276 e. The molecule has 8 nitrogen and oxygen atoms in total. The lowest BCUT2D eigenvalue weighted by molar-refractivity contribution is -0.117. The number of amides is 2. The highest BCUT2D eigenvalue weighted by atomic mass is 32.2. The van der Waals surface area contributed by atoms with E-state index in [1.165, 1.54) is 12.1 Å². The Labute approximate surface area is 166 Å². The average Bonchev–Trinajstić information content (AvgIpc) is 3.31. The molecule has 4 rings (SSSR count). The van der Waals surface area contributed by atoms with Gasteiger partial charge in [0.05, 0.1) is 4.90 Å². The highest BCUT2D eigenvalue weighted by Crippen LogP contribution is 2.33. The number of nitrogens with two attached hydrogens (primary N) is 1. The summed E-state index contributed by atoms with van der Waals surface area (Å²) < 4.78 is 28.7. The number of nitrogens with one attached hydrogen (secondary N) is 2. The molecule has 0 saturated carbocycles. The molecule has 2 amide bonds. The third-order valence-electron chi connectivity index (χ3n) is 4.38. The van der Waals surface area contributed by atoms with Crippen LogP contribution in [0.1, 0.15) is 11.3 Å². The predicted molar refractivity (Wildman–Crippen MR) is 104 cm³/mol. The minimum Gasteiger partial charge on any atom is -0.456 e. The number of benzene rings is 2. The second-order valence-corrected chi connectivity index (χ2v) is 7.82. The van der Waals surface area contributed by atoms with Crippen molar-refractivity contribution in [2.75, 3.05) is 0 Å². The van der Waals surface area contributed by atoms with Crippen LogP contribution < -0.4 is 16.0 Å². The van der Waals surface area contributed by atoms with Crippen LogP contribution >= 0.6 is 0 Å². The Bertz CT molecular complexity index is 1220. The van der Waals surface area contributed by atoms with E-state index in [9.17, 15) is 18.0 Å². The van der Waals surface area contributed by atoms with Crippen molar-refractivity contribution in [2.24, 2.45) is 5.14 Å². The van der Waals surface area contributed by atoms with Gasteiger partial charge in [0.1, 0.15) is 17.1 Å². The van der Waals surface area contributed by atoms with Crippen molar-refractivity contribution in [3.63, 3.8) is 0 Å². The van der Waals surface area contributed by atoms with Gasteiger partial charge < -0.3 is 4.42 Å². The van der Waals surface area contributed by atoms with Crippen LogP contribution in [0.15, 0.2) is 81.6 Å². The van der Waals surface area contributed by atoms with Crippen molar-refractivity contribution in [3.05, 3.63) is 83.6 Å². The number of carbonyl (C=O) groups is 2. The van der Waals surface area contributed by atoms with Gasteiger partial charge in [-0.3, -0.25) is 20.4 Å². The summed E-state index contributed by atoms with van der Waals surface area (Å²) in [6.07, 6.45) is 0. The standard InChI is InChI=1S/C20H15N3O5S/c21-29(26,27)14-8-6-12(7-9-14)15-10-11-16(28-15)17(13-4-2-1-3-5-13)18-19(24)22-23-20(18)25/h1-11H,(H,22,24)(H,23,25)(H2,21,26,27). The number of hydrogen-bond acceptors (Lipinski definition) is 5. The molecule has 1 aromatic heterocycles. The molecule has 0 atom stereocenters. The summed E-state index contributed by atoms with van der Waals surface area (Å²) in [6.45, 7) is 0. The van der Waals surface area contributed by atoms with E-state index in [0.717, 1.165) is 0 Å². The van der Waals surface area contributed by atoms with Crippen molar-refractivity contribution < 1.29 is 22.4 Å². The van der Waals surface area contributed by atoms with Crippen LogP contribution in [0.5, 0.6) is 0 Å². The van der Waals surface area contributed by atoms with Gasteiger partial charge in [-0.05, 0) is 42.0 Å². The van der Waals surface area contributed by atoms with Gasteiger partial charge in [0, 0.05) is 11.1 Å². The van der Waals surface area contributed by atoms with Crippen LogP contribution in [0, 0.1) is 0 Å². The van der Waals surface area contributed by atoms with Crippen molar-refractivity contribution in [2.45, 2.75) is 4.90 Å². The van der Waals surface area contributed by atoms with Crippen molar-refractivity contribution in [3.8, 4) is 11.3 Å². The highest BCUT2D eigenvalue weighted by Gasteiger charge is 2.31. The summed E-state index contributed by atoms with van der Waals surface area (Å²) in [5.74, 6) is -0.341. The molecule has 1 aliphatic rings. The fourth-order valence-corrected chi connectivity index (χ4v) is 3.54. The normalized spacial score (nSPS) is 13.9. The molecular formula is C20H15N3O5S. The molecular weight excluding hydrogens is 394 g/mol. The molecule has 1 saturated heterocycles. The van der Waals surface area contributed by atoms with Crippen molar-refractivity contribution in [1.82, 2.24) is 10.9 Å². The molecule has 3 aromatic rings. The van der Waals surface area contributed by atoms with Crippen LogP contribution in [0.3, 0.4) is 0 Å². The van der Waals surface area contributed by atoms with Gasteiger partial charge in [0.2, 0.25) is 10.0 Å². The lowest BCUT2D eigenvalue weighted by Gasteiger charge is -2.07. The monoisotopic (exact) mass is 409 g/mol. The Morgan fingerprint density at radius 3 is 2.03 bits per heavy atom. The van der Waals surface area contributed by atoms with E-state index < -0.39 is 21.8 Å². The molecule has 2 heterocycles. The smallest absolute Gasteiger partial charge is 0.276 e. The summed E-state index contributed by atoms with van der Waals surface area (Å²) >= 11 is 0. The number of sulfonamides is 1. The maximum absolute atomic E-state index is 12.2. The maximum atomic E-state index is 12.2. The number of hydrazine groups is 1. The predicted octanol–water partition coefficient (Wildman–Crippen LogP) is 1.56. The molecule has 146 valence electrons. The summed E-state index contributed by atoms with van der Waals surface area (Å²) in [5.41, 5.74) is 6.13. The van der Waals surface area contributed by atoms with Gasteiger partial charge in [0.15, 0.2) is 0 Å². The van der Waals surface area contributed by atoms with Crippen molar-refractivity contribution >= 4 is 27.4 Å². The van der Waals surface area contributed by atoms with Gasteiger partial charge in [-0.25, -0.2) is 13.6 Å². The van der Waals surface area contributed by atoms with Gasteiger partial charge in [0.25, 0.3) is 11.8 Å². The molecule has 4 N–H and O–H groups in total. The van der Waals surface area contributed by atoms with Crippen LogP contribution in [0.25, 0.3) is 16.9 Å². The Hall–Kier alpha value is -3.69. The SMILES string of the molecule is NS(=O)(=O)c1ccc(-c2ccc(C(=C3C(=O)NNC3=O)c3ccccc3)o2)cc1. The summed E-state index contributed by atoms with van der Waals surface area (Å²) in [7, 11) is -3.80. The number of furan rings is 1.